The highest BCUT2D eigenvalue weighted by Gasteiger charge is 2.12. The zero-order valence-corrected chi connectivity index (χ0v) is 12.6. The highest BCUT2D eigenvalue weighted by atomic mass is 35.5. The maximum Gasteiger partial charge on any atom is 0.271 e. The van der Waals surface area contributed by atoms with Crippen LogP contribution in [-0.4, -0.2) is 15.8 Å². The molecule has 7 heteroatoms. The maximum absolute atomic E-state index is 12.1. The van der Waals surface area contributed by atoms with Crippen LogP contribution in [0.15, 0.2) is 48.7 Å². The molecule has 0 bridgehead atoms. The number of benzene rings is 2. The lowest BCUT2D eigenvalue weighted by atomic mass is 10.1. The Bertz CT molecular complexity index is 904. The van der Waals surface area contributed by atoms with Crippen LogP contribution in [0, 0.1) is 10.1 Å². The summed E-state index contributed by atoms with van der Waals surface area (Å²) in [5.74, 6) is -0.290. The monoisotopic (exact) mass is 329 g/mol. The van der Waals surface area contributed by atoms with Gasteiger partial charge in [0.1, 0.15) is 0 Å². The molecule has 1 aromatic heterocycles. The first-order valence-corrected chi connectivity index (χ1v) is 7.20. The first kappa shape index (κ1) is 15.1. The molecule has 0 aliphatic rings. The Kier molecular flexibility index (Phi) is 3.99. The fourth-order valence-electron chi connectivity index (χ4n) is 2.32. The third-order valence-electron chi connectivity index (χ3n) is 3.42. The van der Waals surface area contributed by atoms with Crippen LogP contribution in [0.4, 0.5) is 11.4 Å². The molecule has 2 N–H and O–H groups in total. The number of nitro groups is 1. The first-order valence-electron chi connectivity index (χ1n) is 6.83. The van der Waals surface area contributed by atoms with E-state index in [0.29, 0.717) is 0 Å². The number of aromatic amines is 1. The molecule has 0 fully saturated rings. The van der Waals surface area contributed by atoms with Crippen LogP contribution >= 0.6 is 11.6 Å². The second-order valence-electron chi connectivity index (χ2n) is 5.05. The molecule has 0 unspecified atom stereocenters. The highest BCUT2D eigenvalue weighted by molar-refractivity contribution is 6.33. The maximum atomic E-state index is 12.1. The number of rotatable bonds is 4. The molecule has 0 aliphatic heterocycles. The fraction of sp³-hybridized carbons (Fsp3) is 0.0625. The minimum absolute atomic E-state index is 0.126. The van der Waals surface area contributed by atoms with Crippen LogP contribution in [0.25, 0.3) is 10.9 Å². The second kappa shape index (κ2) is 6.10. The molecule has 3 aromatic rings. The number of amides is 1. The highest BCUT2D eigenvalue weighted by Crippen LogP contribution is 2.27. The van der Waals surface area contributed by atoms with E-state index >= 15 is 0 Å². The van der Waals surface area contributed by atoms with Crippen LogP contribution in [0.5, 0.6) is 0 Å². The molecule has 1 amide bonds. The van der Waals surface area contributed by atoms with E-state index in [1.165, 1.54) is 18.2 Å². The van der Waals surface area contributed by atoms with Gasteiger partial charge < -0.3 is 10.3 Å². The lowest BCUT2D eigenvalue weighted by Crippen LogP contribution is -2.14. The van der Waals surface area contributed by atoms with E-state index < -0.39 is 4.92 Å². The molecule has 0 saturated carbocycles. The van der Waals surface area contributed by atoms with Crippen molar-refractivity contribution < 1.29 is 9.72 Å². The lowest BCUT2D eigenvalue weighted by molar-refractivity contribution is -0.384. The van der Waals surface area contributed by atoms with Gasteiger partial charge in [-0.15, -0.1) is 0 Å². The molecule has 23 heavy (non-hydrogen) atoms. The Hall–Kier alpha value is -2.86. The zero-order valence-electron chi connectivity index (χ0n) is 11.9. The van der Waals surface area contributed by atoms with E-state index in [9.17, 15) is 14.9 Å². The molecule has 0 radical (unpaired) electrons. The number of carbonyl (C=O) groups is 1. The van der Waals surface area contributed by atoms with Crippen molar-refractivity contribution in [3.8, 4) is 0 Å². The van der Waals surface area contributed by atoms with Gasteiger partial charge in [-0.25, -0.2) is 0 Å². The van der Waals surface area contributed by atoms with Crippen LogP contribution in [0.1, 0.15) is 5.56 Å². The summed E-state index contributed by atoms with van der Waals surface area (Å²) in [5, 5.41) is 14.7. The van der Waals surface area contributed by atoms with Gasteiger partial charge in [0.15, 0.2) is 0 Å². The number of aromatic nitrogens is 1. The average Bonchev–Trinajstić information content (AvgIpc) is 2.96. The van der Waals surface area contributed by atoms with E-state index in [1.54, 1.807) is 0 Å². The lowest BCUT2D eigenvalue weighted by Gasteiger charge is -2.07. The number of fused-ring (bicyclic) bond motifs is 1. The summed E-state index contributed by atoms with van der Waals surface area (Å²) in [7, 11) is 0. The van der Waals surface area contributed by atoms with Gasteiger partial charge in [0.05, 0.1) is 22.1 Å². The summed E-state index contributed by atoms with van der Waals surface area (Å²) in [4.78, 5) is 25.5. The second-order valence-corrected chi connectivity index (χ2v) is 5.45. The van der Waals surface area contributed by atoms with E-state index in [-0.39, 0.29) is 28.7 Å². The number of H-pyrrole nitrogens is 1. The number of nitrogens with zero attached hydrogens (tertiary/aromatic N) is 1. The SMILES string of the molecule is O=C(Cc1ccc2[nH]ccc2c1)Nc1cc([N+](=O)[O-])ccc1Cl. The molecule has 3 rings (SSSR count). The molecule has 1 heterocycles. The van der Waals surface area contributed by atoms with E-state index in [0.717, 1.165) is 16.5 Å². The van der Waals surface area contributed by atoms with Gasteiger partial charge in [-0.1, -0.05) is 17.7 Å². The number of halogens is 1. The third-order valence-corrected chi connectivity index (χ3v) is 3.75. The molecular formula is C16H12ClN3O3. The summed E-state index contributed by atoms with van der Waals surface area (Å²) in [5.41, 5.74) is 1.94. The van der Waals surface area contributed by atoms with E-state index in [2.05, 4.69) is 10.3 Å². The van der Waals surface area contributed by atoms with Gasteiger partial charge in [0.2, 0.25) is 5.91 Å². The summed E-state index contributed by atoms with van der Waals surface area (Å²) < 4.78 is 0. The number of hydrogen-bond acceptors (Lipinski definition) is 3. The Labute approximate surface area is 136 Å². The standard InChI is InChI=1S/C16H12ClN3O3/c17-13-3-2-12(20(22)23)9-15(13)19-16(21)8-10-1-4-14-11(7-10)5-6-18-14/h1-7,9,18H,8H2,(H,19,21). The minimum atomic E-state index is -0.536. The molecule has 6 nitrogen and oxygen atoms in total. The van der Waals surface area contributed by atoms with Crippen LogP contribution in [-0.2, 0) is 11.2 Å². The van der Waals surface area contributed by atoms with Crippen molar-refractivity contribution in [2.24, 2.45) is 0 Å². The summed E-state index contributed by atoms with van der Waals surface area (Å²) in [6, 6.07) is 11.5. The number of nitrogens with one attached hydrogen (secondary N) is 2. The molecule has 0 aliphatic carbocycles. The molecule has 0 spiro atoms. The quantitative estimate of drug-likeness (QED) is 0.562. The van der Waals surface area contributed by atoms with E-state index in [1.807, 2.05) is 30.5 Å². The Morgan fingerprint density at radius 2 is 2.04 bits per heavy atom. The Morgan fingerprint density at radius 3 is 2.83 bits per heavy atom. The van der Waals surface area contributed by atoms with Crippen molar-refractivity contribution in [1.82, 2.24) is 4.98 Å². The molecule has 2 aromatic carbocycles. The van der Waals surface area contributed by atoms with Crippen LogP contribution in [0.3, 0.4) is 0 Å². The topological polar surface area (TPSA) is 88.0 Å². The van der Waals surface area contributed by atoms with Gasteiger partial charge in [-0.2, -0.15) is 0 Å². The Balaban J connectivity index is 1.76. The summed E-state index contributed by atoms with van der Waals surface area (Å²) in [6.45, 7) is 0. The third kappa shape index (κ3) is 3.32. The number of carbonyl (C=O) groups excluding carboxylic acids is 1. The average molecular weight is 330 g/mol. The van der Waals surface area contributed by atoms with Gasteiger partial charge in [-0.3, -0.25) is 14.9 Å². The van der Waals surface area contributed by atoms with Gasteiger partial charge in [0.25, 0.3) is 5.69 Å². The molecular weight excluding hydrogens is 318 g/mol. The first-order chi connectivity index (χ1) is 11.0. The zero-order chi connectivity index (χ0) is 16.4. The molecule has 0 saturated heterocycles. The van der Waals surface area contributed by atoms with Crippen molar-refractivity contribution >= 4 is 39.8 Å². The number of non-ortho nitro benzene ring substituents is 1. The predicted octanol–water partition coefficient (Wildman–Crippen LogP) is 3.91. The minimum Gasteiger partial charge on any atom is -0.361 e. The van der Waals surface area contributed by atoms with Crippen molar-refractivity contribution in [3.63, 3.8) is 0 Å². The number of nitro benzene ring substituents is 1. The number of hydrogen-bond donors (Lipinski definition) is 2. The summed E-state index contributed by atoms with van der Waals surface area (Å²) in [6.07, 6.45) is 1.98. The fourth-order valence-corrected chi connectivity index (χ4v) is 2.48. The van der Waals surface area contributed by atoms with Crippen molar-refractivity contribution in [3.05, 3.63) is 69.4 Å². The smallest absolute Gasteiger partial charge is 0.271 e. The van der Waals surface area contributed by atoms with Crippen molar-refractivity contribution in [2.45, 2.75) is 6.42 Å². The van der Waals surface area contributed by atoms with Gasteiger partial charge in [0, 0.05) is 23.8 Å². The van der Waals surface area contributed by atoms with Gasteiger partial charge >= 0.3 is 0 Å². The van der Waals surface area contributed by atoms with Crippen LogP contribution < -0.4 is 5.32 Å². The number of anilines is 1. The normalized spacial score (nSPS) is 10.7. The largest absolute Gasteiger partial charge is 0.361 e. The molecule has 0 atom stereocenters. The van der Waals surface area contributed by atoms with Crippen molar-refractivity contribution in [1.29, 1.82) is 0 Å². The summed E-state index contributed by atoms with van der Waals surface area (Å²) >= 11 is 5.97. The predicted molar refractivity (Wildman–Crippen MR) is 88.7 cm³/mol. The van der Waals surface area contributed by atoms with E-state index in [4.69, 9.17) is 11.6 Å². The van der Waals surface area contributed by atoms with Crippen LogP contribution in [0.2, 0.25) is 5.02 Å². The van der Waals surface area contributed by atoms with Crippen molar-refractivity contribution in [2.75, 3.05) is 5.32 Å². The molecule has 116 valence electrons. The Morgan fingerprint density at radius 1 is 1.22 bits per heavy atom. The van der Waals surface area contributed by atoms with Gasteiger partial charge in [-0.05, 0) is 35.2 Å².